The first kappa shape index (κ1) is 14.0. The normalized spacial score (nSPS) is 30.0. The number of rotatable bonds is 6. The Bertz CT molecular complexity index is 176. The molecule has 1 aliphatic rings. The van der Waals surface area contributed by atoms with Crippen LogP contribution in [0.25, 0.3) is 0 Å². The van der Waals surface area contributed by atoms with E-state index in [-0.39, 0.29) is 0 Å². The molecular weight excluding hydrogens is 198 g/mol. The van der Waals surface area contributed by atoms with Gasteiger partial charge < -0.3 is 10.5 Å². The summed E-state index contributed by atoms with van der Waals surface area (Å²) in [6.07, 6.45) is 7.96. The summed E-state index contributed by atoms with van der Waals surface area (Å²) in [4.78, 5) is 0. The topological polar surface area (TPSA) is 35.2 Å². The minimum atomic E-state index is 0.392. The molecule has 2 nitrogen and oxygen atoms in total. The van der Waals surface area contributed by atoms with E-state index >= 15 is 0 Å². The van der Waals surface area contributed by atoms with Gasteiger partial charge in [0.25, 0.3) is 0 Å². The van der Waals surface area contributed by atoms with Gasteiger partial charge in [-0.05, 0) is 37.0 Å². The molecule has 2 N–H and O–H groups in total. The van der Waals surface area contributed by atoms with Gasteiger partial charge >= 0.3 is 0 Å². The molecule has 0 radical (unpaired) electrons. The highest BCUT2D eigenvalue weighted by Gasteiger charge is 2.25. The number of hydrogen-bond acceptors (Lipinski definition) is 2. The van der Waals surface area contributed by atoms with Crippen molar-refractivity contribution in [2.75, 3.05) is 13.7 Å². The van der Waals surface area contributed by atoms with Crippen LogP contribution in [0.5, 0.6) is 0 Å². The summed E-state index contributed by atoms with van der Waals surface area (Å²) in [6.45, 7) is 5.39. The van der Waals surface area contributed by atoms with Crippen molar-refractivity contribution >= 4 is 0 Å². The molecule has 16 heavy (non-hydrogen) atoms. The van der Waals surface area contributed by atoms with Crippen molar-refractivity contribution in [3.8, 4) is 0 Å². The third-order valence-corrected chi connectivity index (χ3v) is 4.20. The zero-order valence-electron chi connectivity index (χ0n) is 11.2. The van der Waals surface area contributed by atoms with Crippen molar-refractivity contribution in [2.24, 2.45) is 23.5 Å². The molecule has 1 saturated carbocycles. The van der Waals surface area contributed by atoms with Crippen LogP contribution < -0.4 is 5.73 Å². The molecular formula is C14H29NO. The molecule has 0 aromatic heterocycles. The Labute approximate surface area is 101 Å². The van der Waals surface area contributed by atoms with Gasteiger partial charge in [0.2, 0.25) is 0 Å². The highest BCUT2D eigenvalue weighted by Crippen LogP contribution is 2.33. The van der Waals surface area contributed by atoms with Crippen LogP contribution in [0.2, 0.25) is 0 Å². The molecule has 0 amide bonds. The third kappa shape index (κ3) is 4.42. The van der Waals surface area contributed by atoms with Crippen molar-refractivity contribution in [1.29, 1.82) is 0 Å². The Kier molecular flexibility index (Phi) is 6.37. The van der Waals surface area contributed by atoms with Gasteiger partial charge in [0, 0.05) is 19.8 Å². The van der Waals surface area contributed by atoms with Crippen LogP contribution in [0.1, 0.15) is 52.4 Å². The third-order valence-electron chi connectivity index (χ3n) is 4.20. The van der Waals surface area contributed by atoms with Gasteiger partial charge in [-0.2, -0.15) is 0 Å². The molecule has 1 fully saturated rings. The summed E-state index contributed by atoms with van der Waals surface area (Å²) < 4.78 is 5.17. The maximum atomic E-state index is 6.31. The van der Waals surface area contributed by atoms with Crippen LogP contribution >= 0.6 is 0 Å². The van der Waals surface area contributed by atoms with Crippen molar-refractivity contribution in [2.45, 2.75) is 58.4 Å². The van der Waals surface area contributed by atoms with Crippen LogP contribution in [0.3, 0.4) is 0 Å². The average Bonchev–Trinajstić information content (AvgIpc) is 2.29. The molecule has 0 bridgehead atoms. The minimum absolute atomic E-state index is 0.392. The predicted octanol–water partition coefficient (Wildman–Crippen LogP) is 3.20. The van der Waals surface area contributed by atoms with E-state index in [1.54, 1.807) is 7.11 Å². The monoisotopic (exact) mass is 227 g/mol. The maximum absolute atomic E-state index is 6.31. The Morgan fingerprint density at radius 2 is 1.88 bits per heavy atom. The number of ether oxygens (including phenoxy) is 1. The molecule has 0 aromatic rings. The molecule has 0 heterocycles. The van der Waals surface area contributed by atoms with Crippen molar-refractivity contribution in [3.63, 3.8) is 0 Å². The number of hydrogen-bond donors (Lipinski definition) is 1. The molecule has 1 rings (SSSR count). The highest BCUT2D eigenvalue weighted by atomic mass is 16.5. The van der Waals surface area contributed by atoms with Gasteiger partial charge in [0.15, 0.2) is 0 Å². The largest absolute Gasteiger partial charge is 0.384 e. The van der Waals surface area contributed by atoms with E-state index in [9.17, 15) is 0 Å². The first-order valence-electron chi connectivity index (χ1n) is 6.91. The average molecular weight is 227 g/mol. The zero-order valence-corrected chi connectivity index (χ0v) is 11.2. The summed E-state index contributed by atoms with van der Waals surface area (Å²) in [5.41, 5.74) is 6.31. The lowest BCUT2D eigenvalue weighted by Gasteiger charge is -2.32. The van der Waals surface area contributed by atoms with E-state index < -0.39 is 0 Å². The lowest BCUT2D eigenvalue weighted by atomic mass is 9.76. The first-order chi connectivity index (χ1) is 7.67. The molecule has 0 aliphatic heterocycles. The smallest absolute Gasteiger partial charge is 0.0488 e. The minimum Gasteiger partial charge on any atom is -0.384 e. The summed E-state index contributed by atoms with van der Waals surface area (Å²) in [7, 11) is 1.77. The fraction of sp³-hybridized carbons (Fsp3) is 1.00. The first-order valence-corrected chi connectivity index (χ1v) is 6.91. The molecule has 2 atom stereocenters. The maximum Gasteiger partial charge on any atom is 0.0488 e. The van der Waals surface area contributed by atoms with Gasteiger partial charge in [-0.1, -0.05) is 33.1 Å². The molecule has 0 saturated heterocycles. The Morgan fingerprint density at radius 1 is 1.25 bits per heavy atom. The van der Waals surface area contributed by atoms with Gasteiger partial charge in [0.05, 0.1) is 0 Å². The second kappa shape index (κ2) is 7.29. The van der Waals surface area contributed by atoms with E-state index in [1.165, 1.54) is 32.1 Å². The van der Waals surface area contributed by atoms with E-state index in [0.717, 1.165) is 24.9 Å². The van der Waals surface area contributed by atoms with Crippen molar-refractivity contribution < 1.29 is 4.74 Å². The van der Waals surface area contributed by atoms with E-state index in [0.29, 0.717) is 12.0 Å². The summed E-state index contributed by atoms with van der Waals surface area (Å²) in [6, 6.07) is 0.392. The molecule has 0 spiro atoms. The number of nitrogens with two attached hydrogens (primary N) is 1. The molecule has 2 unspecified atom stereocenters. The number of methoxy groups -OCH3 is 1. The second-order valence-corrected chi connectivity index (χ2v) is 5.65. The van der Waals surface area contributed by atoms with E-state index in [1.807, 2.05) is 0 Å². The molecule has 2 heteroatoms. The van der Waals surface area contributed by atoms with Crippen LogP contribution in [0.4, 0.5) is 0 Å². The van der Waals surface area contributed by atoms with Gasteiger partial charge in [-0.15, -0.1) is 0 Å². The molecule has 0 aromatic carbocycles. The lowest BCUT2D eigenvalue weighted by Crippen LogP contribution is -2.35. The second-order valence-electron chi connectivity index (χ2n) is 5.65. The van der Waals surface area contributed by atoms with Gasteiger partial charge in [0.1, 0.15) is 0 Å². The van der Waals surface area contributed by atoms with Crippen LogP contribution in [-0.2, 0) is 4.74 Å². The fourth-order valence-electron chi connectivity index (χ4n) is 3.03. The molecule has 96 valence electrons. The van der Waals surface area contributed by atoms with E-state index in [2.05, 4.69) is 13.8 Å². The van der Waals surface area contributed by atoms with Crippen LogP contribution in [0.15, 0.2) is 0 Å². The Balaban J connectivity index is 2.24. The standard InChI is InChI=1S/C14H29NO/c1-4-12-5-7-13(8-6-12)14(15)9-11(2)10-16-3/h11-14H,4-10,15H2,1-3H3. The SMILES string of the molecule is CCC1CCC(C(N)CC(C)COC)CC1. The Morgan fingerprint density at radius 3 is 2.38 bits per heavy atom. The van der Waals surface area contributed by atoms with Crippen LogP contribution in [-0.4, -0.2) is 19.8 Å². The lowest BCUT2D eigenvalue weighted by molar-refractivity contribution is 0.140. The van der Waals surface area contributed by atoms with Crippen molar-refractivity contribution in [1.82, 2.24) is 0 Å². The zero-order chi connectivity index (χ0) is 12.0. The van der Waals surface area contributed by atoms with Gasteiger partial charge in [-0.25, -0.2) is 0 Å². The Hall–Kier alpha value is -0.0800. The highest BCUT2D eigenvalue weighted by molar-refractivity contribution is 4.80. The van der Waals surface area contributed by atoms with Crippen LogP contribution in [0, 0.1) is 17.8 Å². The van der Waals surface area contributed by atoms with Crippen molar-refractivity contribution in [3.05, 3.63) is 0 Å². The molecule has 1 aliphatic carbocycles. The van der Waals surface area contributed by atoms with Gasteiger partial charge in [-0.3, -0.25) is 0 Å². The van der Waals surface area contributed by atoms with E-state index in [4.69, 9.17) is 10.5 Å². The summed E-state index contributed by atoms with van der Waals surface area (Å²) in [5, 5.41) is 0. The summed E-state index contributed by atoms with van der Waals surface area (Å²) in [5.74, 6) is 2.34. The fourth-order valence-corrected chi connectivity index (χ4v) is 3.03. The summed E-state index contributed by atoms with van der Waals surface area (Å²) >= 11 is 0. The predicted molar refractivity (Wildman–Crippen MR) is 69.4 cm³/mol. The quantitative estimate of drug-likeness (QED) is 0.756.